The van der Waals surface area contributed by atoms with Gasteiger partial charge in [0.1, 0.15) is 0 Å². The van der Waals surface area contributed by atoms with Gasteiger partial charge in [0.2, 0.25) is 5.78 Å². The van der Waals surface area contributed by atoms with Gasteiger partial charge in [-0.2, -0.15) is 0 Å². The summed E-state index contributed by atoms with van der Waals surface area (Å²) in [5.74, 6) is -1.02. The molecule has 0 fully saturated rings. The lowest BCUT2D eigenvalue weighted by Crippen LogP contribution is -2.19. The van der Waals surface area contributed by atoms with E-state index in [0.717, 1.165) is 17.7 Å². The summed E-state index contributed by atoms with van der Waals surface area (Å²) in [5, 5.41) is 8.87. The summed E-state index contributed by atoms with van der Waals surface area (Å²) in [5.41, 5.74) is 4.17. The molecular weight excluding hydrogens is 354 g/mol. The Morgan fingerprint density at radius 3 is 2.25 bits per heavy atom. The van der Waals surface area contributed by atoms with Crippen molar-refractivity contribution in [3.8, 4) is 5.69 Å². The molecule has 1 aromatic heterocycles. The standard InChI is InChI=1S/C23H23NO4/c1-3-17-6-10-19(11-7-17)22(25)21-5-4-14-24(21)20-12-8-18(9-13-20)15-28-16(2)23(26)27/h4-14,16H,3,15H2,1-2H3,(H,26,27)/t16-/m1/s1. The fourth-order valence-corrected chi connectivity index (χ4v) is 2.88. The van der Waals surface area contributed by atoms with Crippen LogP contribution in [0.25, 0.3) is 5.69 Å². The van der Waals surface area contributed by atoms with E-state index in [-0.39, 0.29) is 12.4 Å². The van der Waals surface area contributed by atoms with Crippen molar-refractivity contribution in [2.75, 3.05) is 0 Å². The Bertz CT molecular complexity index is 955. The number of aryl methyl sites for hydroxylation is 1. The van der Waals surface area contributed by atoms with Crippen LogP contribution in [-0.2, 0) is 22.6 Å². The van der Waals surface area contributed by atoms with Crippen LogP contribution in [0.15, 0.2) is 66.9 Å². The molecule has 0 aliphatic heterocycles. The maximum absolute atomic E-state index is 12.9. The average Bonchev–Trinajstić information content (AvgIpc) is 3.21. The van der Waals surface area contributed by atoms with E-state index in [1.807, 2.05) is 71.4 Å². The van der Waals surface area contributed by atoms with E-state index < -0.39 is 12.1 Å². The third kappa shape index (κ3) is 4.38. The van der Waals surface area contributed by atoms with Gasteiger partial charge < -0.3 is 14.4 Å². The monoisotopic (exact) mass is 377 g/mol. The van der Waals surface area contributed by atoms with Gasteiger partial charge in [-0.05, 0) is 48.7 Å². The molecule has 0 aliphatic carbocycles. The molecule has 144 valence electrons. The van der Waals surface area contributed by atoms with Crippen molar-refractivity contribution in [3.05, 3.63) is 89.2 Å². The molecule has 0 amide bonds. The number of ether oxygens (including phenoxy) is 1. The summed E-state index contributed by atoms with van der Waals surface area (Å²) >= 11 is 0. The first-order valence-electron chi connectivity index (χ1n) is 9.24. The van der Waals surface area contributed by atoms with E-state index >= 15 is 0 Å². The van der Waals surface area contributed by atoms with E-state index in [0.29, 0.717) is 11.3 Å². The third-order valence-electron chi connectivity index (χ3n) is 4.67. The number of hydrogen-bond donors (Lipinski definition) is 1. The number of nitrogens with zero attached hydrogens (tertiary/aromatic N) is 1. The zero-order valence-electron chi connectivity index (χ0n) is 16.0. The van der Waals surface area contributed by atoms with Crippen molar-refractivity contribution in [1.82, 2.24) is 4.57 Å². The molecule has 2 aromatic carbocycles. The van der Waals surface area contributed by atoms with Gasteiger partial charge in [0.25, 0.3) is 0 Å². The highest BCUT2D eigenvalue weighted by Gasteiger charge is 2.15. The number of benzene rings is 2. The zero-order valence-corrected chi connectivity index (χ0v) is 16.0. The molecule has 0 aliphatic rings. The van der Waals surface area contributed by atoms with Crippen molar-refractivity contribution >= 4 is 11.8 Å². The molecule has 0 saturated carbocycles. The first kappa shape index (κ1) is 19.6. The molecule has 0 bridgehead atoms. The van der Waals surface area contributed by atoms with Crippen LogP contribution in [0.5, 0.6) is 0 Å². The van der Waals surface area contributed by atoms with Crippen LogP contribution < -0.4 is 0 Å². The van der Waals surface area contributed by atoms with Crippen molar-refractivity contribution in [2.45, 2.75) is 33.0 Å². The summed E-state index contributed by atoms with van der Waals surface area (Å²) in [6, 6.07) is 18.9. The lowest BCUT2D eigenvalue weighted by atomic mass is 10.0. The third-order valence-corrected chi connectivity index (χ3v) is 4.67. The van der Waals surface area contributed by atoms with E-state index in [1.54, 1.807) is 0 Å². The van der Waals surface area contributed by atoms with Crippen LogP contribution in [0.3, 0.4) is 0 Å². The highest BCUT2D eigenvalue weighted by molar-refractivity contribution is 6.08. The Morgan fingerprint density at radius 2 is 1.64 bits per heavy atom. The number of rotatable bonds is 8. The molecule has 1 heterocycles. The number of carbonyl (C=O) groups excluding carboxylic acids is 1. The maximum atomic E-state index is 12.9. The van der Waals surface area contributed by atoms with Crippen LogP contribution in [0, 0.1) is 0 Å². The van der Waals surface area contributed by atoms with Crippen molar-refractivity contribution < 1.29 is 19.4 Å². The van der Waals surface area contributed by atoms with Gasteiger partial charge >= 0.3 is 5.97 Å². The predicted molar refractivity (Wildman–Crippen MR) is 107 cm³/mol. The van der Waals surface area contributed by atoms with Gasteiger partial charge in [-0.25, -0.2) is 4.79 Å². The molecule has 1 atom stereocenters. The fraction of sp³-hybridized carbons (Fsp3) is 0.217. The van der Waals surface area contributed by atoms with E-state index in [1.165, 1.54) is 12.5 Å². The molecule has 0 saturated heterocycles. The molecule has 3 rings (SSSR count). The predicted octanol–water partition coefficient (Wildman–Crippen LogP) is 4.26. The second-order valence-corrected chi connectivity index (χ2v) is 6.60. The van der Waals surface area contributed by atoms with Crippen LogP contribution in [0.1, 0.15) is 41.0 Å². The summed E-state index contributed by atoms with van der Waals surface area (Å²) in [6.07, 6.45) is 1.94. The van der Waals surface area contributed by atoms with Crippen molar-refractivity contribution in [1.29, 1.82) is 0 Å². The fourth-order valence-electron chi connectivity index (χ4n) is 2.88. The molecule has 0 unspecified atom stereocenters. The van der Waals surface area contributed by atoms with Crippen LogP contribution in [0.2, 0.25) is 0 Å². The van der Waals surface area contributed by atoms with Gasteiger partial charge in [-0.1, -0.05) is 43.3 Å². The van der Waals surface area contributed by atoms with Gasteiger partial charge in [-0.15, -0.1) is 0 Å². The lowest BCUT2D eigenvalue weighted by Gasteiger charge is -2.11. The Morgan fingerprint density at radius 1 is 1.00 bits per heavy atom. The molecule has 0 spiro atoms. The van der Waals surface area contributed by atoms with Gasteiger partial charge in [-0.3, -0.25) is 4.79 Å². The van der Waals surface area contributed by atoms with Gasteiger partial charge in [0, 0.05) is 17.4 Å². The number of hydrogen-bond acceptors (Lipinski definition) is 3. The van der Waals surface area contributed by atoms with Crippen LogP contribution >= 0.6 is 0 Å². The Hall–Kier alpha value is -3.18. The topological polar surface area (TPSA) is 68.5 Å². The normalized spacial score (nSPS) is 11.9. The molecule has 5 heteroatoms. The first-order valence-corrected chi connectivity index (χ1v) is 9.24. The molecule has 28 heavy (non-hydrogen) atoms. The summed E-state index contributed by atoms with van der Waals surface area (Å²) in [4.78, 5) is 23.7. The largest absolute Gasteiger partial charge is 0.479 e. The van der Waals surface area contributed by atoms with Crippen LogP contribution in [-0.4, -0.2) is 27.5 Å². The maximum Gasteiger partial charge on any atom is 0.332 e. The number of carboxylic acid groups (broad SMARTS) is 1. The minimum absolute atomic E-state index is 0.0321. The summed E-state index contributed by atoms with van der Waals surface area (Å²) in [6.45, 7) is 3.80. The average molecular weight is 377 g/mol. The van der Waals surface area contributed by atoms with Gasteiger partial charge in [0.05, 0.1) is 12.3 Å². The number of carboxylic acids is 1. The highest BCUT2D eigenvalue weighted by atomic mass is 16.5. The number of aromatic nitrogens is 1. The second-order valence-electron chi connectivity index (χ2n) is 6.60. The quantitative estimate of drug-likeness (QED) is 0.596. The summed E-state index contributed by atoms with van der Waals surface area (Å²) < 4.78 is 7.15. The van der Waals surface area contributed by atoms with Crippen LogP contribution in [0.4, 0.5) is 0 Å². The number of carbonyl (C=O) groups is 2. The minimum atomic E-state index is -0.987. The second kappa shape index (κ2) is 8.67. The number of ketones is 1. The smallest absolute Gasteiger partial charge is 0.332 e. The summed E-state index contributed by atoms with van der Waals surface area (Å²) in [7, 11) is 0. The lowest BCUT2D eigenvalue weighted by molar-refractivity contribution is -0.149. The first-order chi connectivity index (χ1) is 13.5. The number of aliphatic carboxylic acids is 1. The Balaban J connectivity index is 1.77. The minimum Gasteiger partial charge on any atom is -0.479 e. The van der Waals surface area contributed by atoms with Crippen molar-refractivity contribution in [2.24, 2.45) is 0 Å². The SMILES string of the molecule is CCc1ccc(C(=O)c2cccn2-c2ccc(CO[C@H](C)C(=O)O)cc2)cc1. The van der Waals surface area contributed by atoms with Gasteiger partial charge in [0.15, 0.2) is 6.10 Å². The van der Waals surface area contributed by atoms with E-state index in [9.17, 15) is 9.59 Å². The molecule has 5 nitrogen and oxygen atoms in total. The highest BCUT2D eigenvalue weighted by Crippen LogP contribution is 2.18. The van der Waals surface area contributed by atoms with Crippen molar-refractivity contribution in [3.63, 3.8) is 0 Å². The molecule has 3 aromatic rings. The zero-order chi connectivity index (χ0) is 20.1. The Labute approximate surface area is 164 Å². The van der Waals surface area contributed by atoms with E-state index in [4.69, 9.17) is 9.84 Å². The molecule has 0 radical (unpaired) electrons. The molecular formula is C23H23NO4. The molecule has 1 N–H and O–H groups in total. The Kier molecular flexibility index (Phi) is 6.06. The van der Waals surface area contributed by atoms with E-state index in [2.05, 4.69) is 6.92 Å².